The predicted octanol–water partition coefficient (Wildman–Crippen LogP) is 3.83. The maximum absolute atomic E-state index is 11.9. The Hall–Kier alpha value is -1.12. The number of likely N-dealkylation sites (tertiary alicyclic amines) is 1. The summed E-state index contributed by atoms with van der Waals surface area (Å²) >= 11 is 0. The first-order chi connectivity index (χ1) is 13.1. The Morgan fingerprint density at radius 3 is 2.21 bits per heavy atom. The highest BCUT2D eigenvalue weighted by molar-refractivity contribution is 7.84. The van der Waals surface area contributed by atoms with Crippen LogP contribution in [0.15, 0.2) is 29.2 Å². The molecule has 0 radical (unpaired) electrons. The van der Waals surface area contributed by atoms with E-state index >= 15 is 0 Å². The molecule has 0 amide bonds. The highest BCUT2D eigenvalue weighted by atomic mass is 32.2. The van der Waals surface area contributed by atoms with Crippen molar-refractivity contribution in [1.82, 2.24) is 10.2 Å². The molecule has 28 heavy (non-hydrogen) atoms. The Balaban J connectivity index is 0.000000209. The van der Waals surface area contributed by atoms with Crippen LogP contribution in [0.1, 0.15) is 33.1 Å². The number of rotatable bonds is 6. The summed E-state index contributed by atoms with van der Waals surface area (Å²) < 4.78 is 52.5. The van der Waals surface area contributed by atoms with E-state index in [1.165, 1.54) is 4.90 Å². The van der Waals surface area contributed by atoms with Crippen molar-refractivity contribution in [3.63, 3.8) is 0 Å². The number of nitrogens with zero attached hydrogens (tertiary/aromatic N) is 1. The molecular formula is C20H31F3N2O2S. The number of alkyl halides is 3. The summed E-state index contributed by atoms with van der Waals surface area (Å²) in [6.45, 7) is 5.46. The second-order valence-electron chi connectivity index (χ2n) is 7.70. The first kappa shape index (κ1) is 23.2. The zero-order valence-electron chi connectivity index (χ0n) is 16.8. The van der Waals surface area contributed by atoms with Gasteiger partial charge in [0, 0.05) is 34.0 Å². The van der Waals surface area contributed by atoms with Crippen molar-refractivity contribution in [3.05, 3.63) is 24.3 Å². The molecule has 4 nitrogen and oxygen atoms in total. The topological polar surface area (TPSA) is 51.5 Å². The van der Waals surface area contributed by atoms with Crippen molar-refractivity contribution < 1.29 is 22.1 Å². The van der Waals surface area contributed by atoms with Crippen molar-refractivity contribution in [2.24, 2.45) is 5.92 Å². The van der Waals surface area contributed by atoms with Gasteiger partial charge in [-0.05, 0) is 69.5 Å². The fourth-order valence-electron chi connectivity index (χ4n) is 3.12. The van der Waals surface area contributed by atoms with Crippen LogP contribution < -0.4 is 10.1 Å². The molecule has 0 aromatic heterocycles. The van der Waals surface area contributed by atoms with Crippen molar-refractivity contribution in [3.8, 4) is 5.75 Å². The van der Waals surface area contributed by atoms with Crippen LogP contribution in [-0.2, 0) is 10.8 Å². The monoisotopic (exact) mass is 420 g/mol. The zero-order chi connectivity index (χ0) is 20.7. The third-order valence-corrected chi connectivity index (χ3v) is 6.04. The van der Waals surface area contributed by atoms with E-state index in [9.17, 15) is 17.4 Å². The van der Waals surface area contributed by atoms with E-state index in [4.69, 9.17) is 4.74 Å². The van der Waals surface area contributed by atoms with Crippen LogP contribution >= 0.6 is 0 Å². The fraction of sp³-hybridized carbons (Fsp3) is 0.700. The molecule has 0 saturated carbocycles. The Labute approximate surface area is 168 Å². The van der Waals surface area contributed by atoms with Crippen molar-refractivity contribution >= 4 is 10.8 Å². The summed E-state index contributed by atoms with van der Waals surface area (Å²) in [5, 5.41) is 3.32. The quantitative estimate of drug-likeness (QED) is 0.711. The molecule has 0 bridgehead atoms. The molecule has 2 saturated heterocycles. The largest absolute Gasteiger partial charge is 0.494 e. The van der Waals surface area contributed by atoms with E-state index in [-0.39, 0.29) is 0 Å². The lowest BCUT2D eigenvalue weighted by Crippen LogP contribution is -2.39. The molecule has 3 atom stereocenters. The predicted molar refractivity (Wildman–Crippen MR) is 106 cm³/mol. The summed E-state index contributed by atoms with van der Waals surface area (Å²) in [5.41, 5.74) is 0. The molecule has 1 aromatic carbocycles. The van der Waals surface area contributed by atoms with Crippen molar-refractivity contribution in [2.45, 2.75) is 56.3 Å². The molecule has 3 unspecified atom stereocenters. The van der Waals surface area contributed by atoms with Gasteiger partial charge in [-0.2, -0.15) is 13.2 Å². The number of nitrogens with one attached hydrogen (secondary N) is 1. The van der Waals surface area contributed by atoms with Gasteiger partial charge in [0.1, 0.15) is 5.75 Å². The summed E-state index contributed by atoms with van der Waals surface area (Å²) in [5.74, 6) is 1.44. The first-order valence-corrected chi connectivity index (χ1v) is 11.3. The van der Waals surface area contributed by atoms with Gasteiger partial charge in [0.25, 0.3) is 0 Å². The Bertz CT molecular complexity index is 617. The SMILES string of the molecule is CC1CCN(CC(F)(F)F)CC1.CC1NC1CCOc1ccc(S(C)=O)cc1. The van der Waals surface area contributed by atoms with E-state index in [0.717, 1.165) is 36.5 Å². The van der Waals surface area contributed by atoms with Gasteiger partial charge in [-0.1, -0.05) is 6.92 Å². The van der Waals surface area contributed by atoms with Gasteiger partial charge in [-0.3, -0.25) is 9.11 Å². The summed E-state index contributed by atoms with van der Waals surface area (Å²) in [6.07, 6.45) is 0.491. The van der Waals surface area contributed by atoms with Crippen LogP contribution in [0.5, 0.6) is 5.75 Å². The summed E-state index contributed by atoms with van der Waals surface area (Å²) in [6, 6.07) is 8.73. The van der Waals surface area contributed by atoms with E-state index in [2.05, 4.69) is 19.2 Å². The molecule has 8 heteroatoms. The number of hydrogen-bond donors (Lipinski definition) is 1. The molecule has 2 aliphatic rings. The standard InChI is InChI=1S/C12H17NO2S.C8H14F3N/c1-9-12(13-9)7-8-15-10-3-5-11(6-4-10)16(2)14;1-7-2-4-12(5-3-7)6-8(9,10)11/h3-6,9,12-13H,7-8H2,1-2H3;7H,2-6H2,1H3. The molecule has 0 spiro atoms. The maximum atomic E-state index is 11.9. The molecule has 3 rings (SSSR count). The van der Waals surface area contributed by atoms with E-state index < -0.39 is 23.5 Å². The van der Waals surface area contributed by atoms with Crippen LogP contribution in [0.25, 0.3) is 0 Å². The molecule has 2 aliphatic heterocycles. The van der Waals surface area contributed by atoms with Gasteiger partial charge >= 0.3 is 6.18 Å². The second kappa shape index (κ2) is 10.6. The lowest BCUT2D eigenvalue weighted by Gasteiger charge is -2.30. The van der Waals surface area contributed by atoms with Crippen LogP contribution in [0.3, 0.4) is 0 Å². The van der Waals surface area contributed by atoms with Gasteiger partial charge in [0.2, 0.25) is 0 Å². The van der Waals surface area contributed by atoms with Crippen molar-refractivity contribution in [2.75, 3.05) is 32.5 Å². The Kier molecular flexibility index (Phi) is 8.77. The number of piperidine rings is 1. The van der Waals surface area contributed by atoms with Gasteiger partial charge in [-0.15, -0.1) is 0 Å². The number of benzene rings is 1. The average molecular weight is 421 g/mol. The second-order valence-corrected chi connectivity index (χ2v) is 9.08. The Morgan fingerprint density at radius 1 is 1.18 bits per heavy atom. The van der Waals surface area contributed by atoms with Gasteiger partial charge in [-0.25, -0.2) is 0 Å². The lowest BCUT2D eigenvalue weighted by molar-refractivity contribution is -0.148. The van der Waals surface area contributed by atoms with E-state index in [1.54, 1.807) is 6.26 Å². The van der Waals surface area contributed by atoms with Crippen LogP contribution in [0, 0.1) is 5.92 Å². The van der Waals surface area contributed by atoms with Gasteiger partial charge in [0.05, 0.1) is 13.2 Å². The highest BCUT2D eigenvalue weighted by Gasteiger charge is 2.32. The minimum atomic E-state index is -4.03. The maximum Gasteiger partial charge on any atom is 0.401 e. The first-order valence-electron chi connectivity index (χ1n) is 9.75. The minimum Gasteiger partial charge on any atom is -0.494 e. The number of hydrogen-bond acceptors (Lipinski definition) is 4. The third kappa shape index (κ3) is 8.92. The molecular weight excluding hydrogens is 389 g/mol. The van der Waals surface area contributed by atoms with Crippen LogP contribution in [-0.4, -0.2) is 59.9 Å². The Morgan fingerprint density at radius 2 is 1.75 bits per heavy atom. The third-order valence-electron chi connectivity index (χ3n) is 5.10. The summed E-state index contributed by atoms with van der Waals surface area (Å²) in [7, 11) is -0.911. The van der Waals surface area contributed by atoms with Gasteiger partial charge < -0.3 is 10.1 Å². The normalized spacial score (nSPS) is 24.2. The highest BCUT2D eigenvalue weighted by Crippen LogP contribution is 2.21. The smallest absolute Gasteiger partial charge is 0.401 e. The number of halogens is 3. The summed E-state index contributed by atoms with van der Waals surface area (Å²) in [4.78, 5) is 2.32. The fourth-order valence-corrected chi connectivity index (χ4v) is 3.64. The number of ether oxygens (including phenoxy) is 1. The van der Waals surface area contributed by atoms with Crippen LogP contribution in [0.2, 0.25) is 0 Å². The van der Waals surface area contributed by atoms with Gasteiger partial charge in [0.15, 0.2) is 0 Å². The molecule has 160 valence electrons. The van der Waals surface area contributed by atoms with E-state index in [1.807, 2.05) is 24.3 Å². The van der Waals surface area contributed by atoms with Crippen molar-refractivity contribution in [1.29, 1.82) is 0 Å². The molecule has 1 N–H and O–H groups in total. The minimum absolute atomic E-state index is 0.592. The molecule has 2 fully saturated rings. The molecule has 0 aliphatic carbocycles. The average Bonchev–Trinajstić information content (AvgIpc) is 3.32. The molecule has 1 aromatic rings. The lowest BCUT2D eigenvalue weighted by atomic mass is 9.99. The molecule has 2 heterocycles. The van der Waals surface area contributed by atoms with E-state index in [0.29, 0.717) is 31.1 Å². The van der Waals surface area contributed by atoms with Crippen LogP contribution in [0.4, 0.5) is 13.2 Å². The zero-order valence-corrected chi connectivity index (χ0v) is 17.6.